The molecule has 1 aromatic carbocycles. The quantitative estimate of drug-likeness (QED) is 0.858. The van der Waals surface area contributed by atoms with Crippen LogP contribution in [0.3, 0.4) is 0 Å². The first-order valence-electron chi connectivity index (χ1n) is 6.79. The Morgan fingerprint density at radius 3 is 3.11 bits per heavy atom. The number of ether oxygens (including phenoxy) is 2. The third-order valence-corrected chi connectivity index (χ3v) is 3.18. The summed E-state index contributed by atoms with van der Waals surface area (Å²) in [5.74, 6) is 0.107. The number of carboxylic acids is 1. The predicted molar refractivity (Wildman–Crippen MR) is 71.5 cm³/mol. The van der Waals surface area contributed by atoms with E-state index in [-0.39, 0.29) is 12.5 Å². The lowest BCUT2D eigenvalue weighted by Crippen LogP contribution is -2.27. The molecule has 104 valence electrons. The van der Waals surface area contributed by atoms with E-state index in [0.29, 0.717) is 13.0 Å². The van der Waals surface area contributed by atoms with Crippen molar-refractivity contribution in [2.24, 2.45) is 0 Å². The smallest absolute Gasteiger partial charge is 0.303 e. The van der Waals surface area contributed by atoms with E-state index in [1.165, 1.54) is 0 Å². The maximum Gasteiger partial charge on any atom is 0.303 e. The van der Waals surface area contributed by atoms with Crippen LogP contribution in [0.25, 0.3) is 0 Å². The molecule has 1 fully saturated rings. The summed E-state index contributed by atoms with van der Waals surface area (Å²) < 4.78 is 11.3. The second-order valence-electron chi connectivity index (χ2n) is 4.85. The molecule has 0 bridgehead atoms. The predicted octanol–water partition coefficient (Wildman–Crippen LogP) is 2.65. The summed E-state index contributed by atoms with van der Waals surface area (Å²) in [6, 6.07) is 7.90. The Hall–Kier alpha value is -1.55. The molecule has 1 heterocycles. The maximum absolute atomic E-state index is 10.5. The highest BCUT2D eigenvalue weighted by Crippen LogP contribution is 2.19. The van der Waals surface area contributed by atoms with Crippen LogP contribution in [-0.2, 0) is 16.0 Å². The van der Waals surface area contributed by atoms with Crippen molar-refractivity contribution in [3.05, 3.63) is 29.8 Å². The third-order valence-electron chi connectivity index (χ3n) is 3.18. The van der Waals surface area contributed by atoms with Crippen molar-refractivity contribution in [2.45, 2.75) is 38.2 Å². The number of aliphatic carboxylic acids is 1. The highest BCUT2D eigenvalue weighted by Gasteiger charge is 2.15. The number of benzene rings is 1. The molecule has 4 nitrogen and oxygen atoms in total. The minimum atomic E-state index is -0.744. The number of hydrogen-bond donors (Lipinski definition) is 1. The van der Waals surface area contributed by atoms with Crippen LogP contribution in [0.4, 0.5) is 0 Å². The normalized spacial score (nSPS) is 19.1. The summed E-state index contributed by atoms with van der Waals surface area (Å²) in [5.41, 5.74) is 1.12. The molecule has 0 spiro atoms. The van der Waals surface area contributed by atoms with Crippen LogP contribution >= 0.6 is 0 Å². The summed E-state index contributed by atoms with van der Waals surface area (Å²) in [4.78, 5) is 10.5. The Morgan fingerprint density at radius 2 is 2.37 bits per heavy atom. The van der Waals surface area contributed by atoms with E-state index in [4.69, 9.17) is 14.6 Å². The molecule has 0 aliphatic carbocycles. The zero-order valence-electron chi connectivity index (χ0n) is 11.0. The minimum absolute atomic E-state index is 0.142. The standard InChI is InChI=1S/C15H20O4/c16-15(17)8-2-5-12-4-1-6-13(10-12)19-14-7-3-9-18-11-14/h1,4,6,10,14H,2-3,5,7-9,11H2,(H,16,17). The summed E-state index contributed by atoms with van der Waals surface area (Å²) in [7, 11) is 0. The van der Waals surface area contributed by atoms with Gasteiger partial charge in [-0.1, -0.05) is 12.1 Å². The van der Waals surface area contributed by atoms with Crippen molar-refractivity contribution in [3.8, 4) is 5.75 Å². The van der Waals surface area contributed by atoms with Crippen molar-refractivity contribution in [1.29, 1.82) is 0 Å². The molecule has 1 atom stereocenters. The molecule has 0 radical (unpaired) electrons. The van der Waals surface area contributed by atoms with Gasteiger partial charge in [-0.2, -0.15) is 0 Å². The molecule has 0 saturated carbocycles. The van der Waals surface area contributed by atoms with Gasteiger partial charge in [0.1, 0.15) is 11.9 Å². The number of aryl methyl sites for hydroxylation is 1. The Labute approximate surface area is 113 Å². The molecular weight excluding hydrogens is 244 g/mol. The largest absolute Gasteiger partial charge is 0.488 e. The van der Waals surface area contributed by atoms with Gasteiger partial charge in [-0.3, -0.25) is 4.79 Å². The van der Waals surface area contributed by atoms with E-state index in [2.05, 4.69) is 0 Å². The molecule has 1 N–H and O–H groups in total. The first-order valence-corrected chi connectivity index (χ1v) is 6.79. The van der Waals surface area contributed by atoms with E-state index >= 15 is 0 Å². The van der Waals surface area contributed by atoms with Crippen LogP contribution in [0.15, 0.2) is 24.3 Å². The molecule has 19 heavy (non-hydrogen) atoms. The van der Waals surface area contributed by atoms with Crippen molar-refractivity contribution < 1.29 is 19.4 Å². The average Bonchev–Trinajstić information content (AvgIpc) is 2.40. The fraction of sp³-hybridized carbons (Fsp3) is 0.533. The van der Waals surface area contributed by atoms with Crippen LogP contribution in [0.5, 0.6) is 5.75 Å². The Balaban J connectivity index is 1.85. The Bertz CT molecular complexity index is 410. The van der Waals surface area contributed by atoms with Crippen LogP contribution in [0.2, 0.25) is 0 Å². The second-order valence-corrected chi connectivity index (χ2v) is 4.85. The van der Waals surface area contributed by atoms with E-state index in [1.54, 1.807) is 0 Å². The van der Waals surface area contributed by atoms with Crippen molar-refractivity contribution in [2.75, 3.05) is 13.2 Å². The molecule has 2 rings (SSSR count). The van der Waals surface area contributed by atoms with Crippen LogP contribution in [0.1, 0.15) is 31.2 Å². The van der Waals surface area contributed by atoms with Gasteiger partial charge >= 0.3 is 5.97 Å². The molecule has 1 aromatic rings. The van der Waals surface area contributed by atoms with Crippen molar-refractivity contribution in [1.82, 2.24) is 0 Å². The molecule has 4 heteroatoms. The summed E-state index contributed by atoms with van der Waals surface area (Å²) in [6.45, 7) is 1.48. The van der Waals surface area contributed by atoms with Crippen molar-refractivity contribution >= 4 is 5.97 Å². The molecule has 1 saturated heterocycles. The highest BCUT2D eigenvalue weighted by molar-refractivity contribution is 5.66. The lowest BCUT2D eigenvalue weighted by atomic mass is 10.1. The van der Waals surface area contributed by atoms with Gasteiger partial charge in [-0.25, -0.2) is 0 Å². The lowest BCUT2D eigenvalue weighted by Gasteiger charge is -2.23. The molecule has 0 aromatic heterocycles. The van der Waals surface area contributed by atoms with E-state index < -0.39 is 5.97 Å². The molecule has 1 aliphatic rings. The highest BCUT2D eigenvalue weighted by atomic mass is 16.5. The van der Waals surface area contributed by atoms with Gasteiger partial charge < -0.3 is 14.6 Å². The summed E-state index contributed by atoms with van der Waals surface area (Å²) >= 11 is 0. The van der Waals surface area contributed by atoms with E-state index in [9.17, 15) is 4.79 Å². The first kappa shape index (κ1) is 13.9. The SMILES string of the molecule is O=C(O)CCCc1cccc(OC2CCCOC2)c1. The maximum atomic E-state index is 10.5. The van der Waals surface area contributed by atoms with Gasteiger partial charge in [0, 0.05) is 13.0 Å². The van der Waals surface area contributed by atoms with Gasteiger partial charge in [0.25, 0.3) is 0 Å². The second kappa shape index (κ2) is 7.14. The lowest BCUT2D eigenvalue weighted by molar-refractivity contribution is -0.137. The van der Waals surface area contributed by atoms with Crippen molar-refractivity contribution in [3.63, 3.8) is 0 Å². The molecule has 1 unspecified atom stereocenters. The van der Waals surface area contributed by atoms with Crippen LogP contribution in [-0.4, -0.2) is 30.4 Å². The average molecular weight is 264 g/mol. The number of rotatable bonds is 6. The zero-order valence-corrected chi connectivity index (χ0v) is 11.0. The topological polar surface area (TPSA) is 55.8 Å². The number of hydrogen-bond acceptors (Lipinski definition) is 3. The van der Waals surface area contributed by atoms with Gasteiger partial charge in [-0.15, -0.1) is 0 Å². The number of carbonyl (C=O) groups is 1. The zero-order chi connectivity index (χ0) is 13.5. The van der Waals surface area contributed by atoms with Crippen LogP contribution in [0, 0.1) is 0 Å². The van der Waals surface area contributed by atoms with E-state index in [1.807, 2.05) is 24.3 Å². The fourth-order valence-electron chi connectivity index (χ4n) is 2.21. The fourth-order valence-corrected chi connectivity index (χ4v) is 2.21. The summed E-state index contributed by atoms with van der Waals surface area (Å²) in [5, 5.41) is 8.62. The molecular formula is C15H20O4. The van der Waals surface area contributed by atoms with Crippen LogP contribution < -0.4 is 4.74 Å². The molecule has 1 aliphatic heterocycles. The Kier molecular flexibility index (Phi) is 5.21. The van der Waals surface area contributed by atoms with Gasteiger partial charge in [-0.05, 0) is 43.4 Å². The van der Waals surface area contributed by atoms with E-state index in [0.717, 1.165) is 37.2 Å². The third kappa shape index (κ3) is 4.91. The van der Waals surface area contributed by atoms with Gasteiger partial charge in [0.2, 0.25) is 0 Å². The Morgan fingerprint density at radius 1 is 1.47 bits per heavy atom. The monoisotopic (exact) mass is 264 g/mol. The number of carboxylic acid groups (broad SMARTS) is 1. The molecule has 0 amide bonds. The summed E-state index contributed by atoms with van der Waals surface area (Å²) in [6.07, 6.45) is 3.85. The van der Waals surface area contributed by atoms with Gasteiger partial charge in [0.05, 0.1) is 6.61 Å². The minimum Gasteiger partial charge on any atom is -0.488 e. The van der Waals surface area contributed by atoms with Gasteiger partial charge in [0.15, 0.2) is 0 Å². The first-order chi connectivity index (χ1) is 9.24.